The number of hydrogen-bond donors (Lipinski definition) is 1. The topological polar surface area (TPSA) is 46.9 Å². The molecular formula is C17H22ClN3O. The summed E-state index contributed by atoms with van der Waals surface area (Å²) < 4.78 is 1.92. The average Bonchev–Trinajstić information content (AvgIpc) is 2.70. The third kappa shape index (κ3) is 3.12. The Labute approximate surface area is 135 Å². The van der Waals surface area contributed by atoms with E-state index < -0.39 is 0 Å². The van der Waals surface area contributed by atoms with E-state index in [1.807, 2.05) is 23.9 Å². The minimum absolute atomic E-state index is 0.0512. The highest BCUT2D eigenvalue weighted by Gasteiger charge is 2.19. The van der Waals surface area contributed by atoms with Gasteiger partial charge in [0.15, 0.2) is 0 Å². The minimum Gasteiger partial charge on any atom is -0.352 e. The summed E-state index contributed by atoms with van der Waals surface area (Å²) in [7, 11) is 1.92. The van der Waals surface area contributed by atoms with Gasteiger partial charge in [-0.15, -0.1) is 0 Å². The number of hydrogen-bond acceptors (Lipinski definition) is 2. The number of nitrogens with one attached hydrogen (secondary N) is 1. The second kappa shape index (κ2) is 6.69. The first-order chi connectivity index (χ1) is 10.7. The Kier molecular flexibility index (Phi) is 4.67. The summed E-state index contributed by atoms with van der Waals surface area (Å²) >= 11 is 6.19. The standard InChI is InChI=1S/C17H22ClN3O/c1-21-11-13(15-14(21)8-9-19-16(15)18)17(22)20-10-12-6-4-2-3-5-7-12/h8-9,11-12H,2-7,10H2,1H3,(H,20,22). The Hall–Kier alpha value is -1.55. The molecule has 1 saturated carbocycles. The van der Waals surface area contributed by atoms with Crippen LogP contribution >= 0.6 is 11.6 Å². The number of rotatable bonds is 3. The van der Waals surface area contributed by atoms with Crippen LogP contribution in [0.5, 0.6) is 0 Å². The second-order valence-corrected chi connectivity index (χ2v) is 6.58. The van der Waals surface area contributed by atoms with Crippen LogP contribution in [0.2, 0.25) is 5.15 Å². The molecular weight excluding hydrogens is 298 g/mol. The molecule has 0 radical (unpaired) electrons. The van der Waals surface area contributed by atoms with Gasteiger partial charge < -0.3 is 9.88 Å². The van der Waals surface area contributed by atoms with Crippen LogP contribution in [-0.4, -0.2) is 22.0 Å². The summed E-state index contributed by atoms with van der Waals surface area (Å²) in [4.78, 5) is 16.6. The largest absolute Gasteiger partial charge is 0.352 e. The van der Waals surface area contributed by atoms with Crippen LogP contribution in [0.1, 0.15) is 48.9 Å². The number of aromatic nitrogens is 2. The molecule has 2 heterocycles. The molecule has 0 saturated heterocycles. The van der Waals surface area contributed by atoms with Crippen LogP contribution in [-0.2, 0) is 7.05 Å². The quantitative estimate of drug-likeness (QED) is 0.688. The molecule has 0 bridgehead atoms. The fourth-order valence-corrected chi connectivity index (χ4v) is 3.63. The number of aryl methyl sites for hydroxylation is 1. The highest BCUT2D eigenvalue weighted by atomic mass is 35.5. The lowest BCUT2D eigenvalue weighted by molar-refractivity contribution is 0.0947. The molecule has 1 amide bonds. The first-order valence-electron chi connectivity index (χ1n) is 8.04. The van der Waals surface area contributed by atoms with Gasteiger partial charge in [0, 0.05) is 31.4 Å². The Bertz CT molecular complexity index is 672. The molecule has 1 aliphatic rings. The molecule has 0 unspecified atom stereocenters. The summed E-state index contributed by atoms with van der Waals surface area (Å²) in [6, 6.07) is 1.88. The minimum atomic E-state index is -0.0512. The predicted octanol–water partition coefficient (Wildman–Crippen LogP) is 3.93. The van der Waals surface area contributed by atoms with E-state index in [0.717, 1.165) is 17.4 Å². The van der Waals surface area contributed by atoms with Crippen molar-refractivity contribution in [2.45, 2.75) is 38.5 Å². The molecule has 2 aromatic rings. The van der Waals surface area contributed by atoms with E-state index in [9.17, 15) is 4.79 Å². The highest BCUT2D eigenvalue weighted by molar-refractivity contribution is 6.35. The Morgan fingerprint density at radius 1 is 1.36 bits per heavy atom. The molecule has 1 aliphatic carbocycles. The van der Waals surface area contributed by atoms with E-state index in [0.29, 0.717) is 16.6 Å². The summed E-state index contributed by atoms with van der Waals surface area (Å²) in [5, 5.41) is 4.22. The maximum atomic E-state index is 12.5. The van der Waals surface area contributed by atoms with Crippen molar-refractivity contribution in [2.75, 3.05) is 6.54 Å². The van der Waals surface area contributed by atoms with Crippen LogP contribution < -0.4 is 5.32 Å². The van der Waals surface area contributed by atoms with Gasteiger partial charge in [0.1, 0.15) is 5.15 Å². The lowest BCUT2D eigenvalue weighted by Crippen LogP contribution is -2.29. The van der Waals surface area contributed by atoms with Crippen molar-refractivity contribution in [3.05, 3.63) is 29.2 Å². The number of pyridine rings is 1. The van der Waals surface area contributed by atoms with E-state index in [1.165, 1.54) is 38.5 Å². The lowest BCUT2D eigenvalue weighted by atomic mass is 10.0. The van der Waals surface area contributed by atoms with Crippen LogP contribution in [0.15, 0.2) is 18.5 Å². The van der Waals surface area contributed by atoms with Gasteiger partial charge in [0.25, 0.3) is 5.91 Å². The van der Waals surface area contributed by atoms with Crippen molar-refractivity contribution in [1.29, 1.82) is 0 Å². The smallest absolute Gasteiger partial charge is 0.253 e. The maximum Gasteiger partial charge on any atom is 0.253 e. The first kappa shape index (κ1) is 15.3. The molecule has 2 aromatic heterocycles. The molecule has 0 aromatic carbocycles. The van der Waals surface area contributed by atoms with Gasteiger partial charge in [-0.3, -0.25) is 4.79 Å². The molecule has 1 fully saturated rings. The monoisotopic (exact) mass is 319 g/mol. The van der Waals surface area contributed by atoms with Crippen LogP contribution in [0.25, 0.3) is 10.9 Å². The Balaban J connectivity index is 1.75. The van der Waals surface area contributed by atoms with E-state index in [4.69, 9.17) is 11.6 Å². The van der Waals surface area contributed by atoms with E-state index in [1.54, 1.807) is 6.20 Å². The highest BCUT2D eigenvalue weighted by Crippen LogP contribution is 2.27. The predicted molar refractivity (Wildman–Crippen MR) is 89.2 cm³/mol. The third-order valence-corrected chi connectivity index (χ3v) is 4.91. The van der Waals surface area contributed by atoms with Crippen molar-refractivity contribution in [3.63, 3.8) is 0 Å². The molecule has 3 rings (SSSR count). The van der Waals surface area contributed by atoms with Gasteiger partial charge in [0.2, 0.25) is 0 Å². The van der Waals surface area contributed by atoms with Gasteiger partial charge in [-0.1, -0.05) is 37.3 Å². The van der Waals surface area contributed by atoms with E-state index >= 15 is 0 Å². The summed E-state index contributed by atoms with van der Waals surface area (Å²) in [6.07, 6.45) is 11.2. The zero-order valence-corrected chi connectivity index (χ0v) is 13.7. The van der Waals surface area contributed by atoms with Gasteiger partial charge in [-0.05, 0) is 24.8 Å². The number of carbonyl (C=O) groups excluding carboxylic acids is 1. The fraction of sp³-hybridized carbons (Fsp3) is 0.529. The maximum absolute atomic E-state index is 12.5. The van der Waals surface area contributed by atoms with Crippen molar-refractivity contribution in [3.8, 4) is 0 Å². The molecule has 4 nitrogen and oxygen atoms in total. The van der Waals surface area contributed by atoms with Gasteiger partial charge in [0.05, 0.1) is 11.1 Å². The van der Waals surface area contributed by atoms with Gasteiger partial charge in [-0.25, -0.2) is 4.98 Å². The van der Waals surface area contributed by atoms with Crippen molar-refractivity contribution >= 4 is 28.4 Å². The normalized spacial score (nSPS) is 16.6. The second-order valence-electron chi connectivity index (χ2n) is 6.22. The van der Waals surface area contributed by atoms with Crippen LogP contribution in [0, 0.1) is 5.92 Å². The number of amides is 1. The van der Waals surface area contributed by atoms with Crippen molar-refractivity contribution in [2.24, 2.45) is 13.0 Å². The number of halogens is 1. The van der Waals surface area contributed by atoms with Crippen LogP contribution in [0.4, 0.5) is 0 Å². The average molecular weight is 320 g/mol. The van der Waals surface area contributed by atoms with Crippen molar-refractivity contribution < 1.29 is 4.79 Å². The summed E-state index contributed by atoms with van der Waals surface area (Å²) in [6.45, 7) is 0.757. The molecule has 118 valence electrons. The first-order valence-corrected chi connectivity index (χ1v) is 8.42. The van der Waals surface area contributed by atoms with Crippen LogP contribution in [0.3, 0.4) is 0 Å². The Morgan fingerprint density at radius 2 is 2.09 bits per heavy atom. The van der Waals surface area contributed by atoms with E-state index in [-0.39, 0.29) is 5.91 Å². The fourth-order valence-electron chi connectivity index (χ4n) is 3.37. The molecule has 22 heavy (non-hydrogen) atoms. The summed E-state index contributed by atoms with van der Waals surface area (Å²) in [5.74, 6) is 0.555. The molecule has 5 heteroatoms. The molecule has 1 N–H and O–H groups in total. The summed E-state index contributed by atoms with van der Waals surface area (Å²) in [5.41, 5.74) is 1.55. The lowest BCUT2D eigenvalue weighted by Gasteiger charge is -2.14. The van der Waals surface area contributed by atoms with Gasteiger partial charge in [-0.2, -0.15) is 0 Å². The zero-order valence-electron chi connectivity index (χ0n) is 12.9. The van der Waals surface area contributed by atoms with Gasteiger partial charge >= 0.3 is 0 Å². The van der Waals surface area contributed by atoms with Crippen molar-refractivity contribution in [1.82, 2.24) is 14.9 Å². The third-order valence-electron chi connectivity index (χ3n) is 4.63. The number of carbonyl (C=O) groups is 1. The Morgan fingerprint density at radius 3 is 2.82 bits per heavy atom. The molecule has 0 aliphatic heterocycles. The zero-order chi connectivity index (χ0) is 15.5. The molecule has 0 atom stereocenters. The van der Waals surface area contributed by atoms with E-state index in [2.05, 4.69) is 10.3 Å². The number of nitrogens with zero attached hydrogens (tertiary/aromatic N) is 2. The molecule has 0 spiro atoms. The number of fused-ring (bicyclic) bond motifs is 1. The SMILES string of the molecule is Cn1cc(C(=O)NCC2CCCCCC2)c2c(Cl)nccc21.